The van der Waals surface area contributed by atoms with Crippen LogP contribution in [-0.2, 0) is 39.4 Å². The van der Waals surface area contributed by atoms with Crippen LogP contribution in [0.3, 0.4) is 0 Å². The Labute approximate surface area is 167 Å². The van der Waals surface area contributed by atoms with Crippen molar-refractivity contribution in [2.75, 3.05) is 20.3 Å². The monoisotopic (exact) mass is 404 g/mol. The first kappa shape index (κ1) is 21.0. The molecule has 0 amide bonds. The molecule has 28 heavy (non-hydrogen) atoms. The highest BCUT2D eigenvalue weighted by atomic mass is 32.2. The van der Waals surface area contributed by atoms with Crippen LogP contribution < -0.4 is 4.72 Å². The third-order valence-corrected chi connectivity index (χ3v) is 6.58. The lowest BCUT2D eigenvalue weighted by atomic mass is 10.1. The normalized spacial score (nSPS) is 15.8. The van der Waals surface area contributed by atoms with E-state index in [4.69, 9.17) is 9.47 Å². The van der Waals surface area contributed by atoms with Crippen LogP contribution in [0.4, 0.5) is 0 Å². The van der Waals surface area contributed by atoms with Gasteiger partial charge in [-0.05, 0) is 29.5 Å². The summed E-state index contributed by atoms with van der Waals surface area (Å²) in [4.78, 5) is 0. The van der Waals surface area contributed by atoms with Crippen molar-refractivity contribution < 1.29 is 17.9 Å². The number of nitrogens with one attached hydrogen (secondary N) is 1. The Morgan fingerprint density at radius 3 is 2.36 bits per heavy atom. The molecule has 0 atom stereocenters. The van der Waals surface area contributed by atoms with Gasteiger partial charge < -0.3 is 9.47 Å². The number of rotatable bonds is 9. The molecule has 1 saturated heterocycles. The molecule has 0 aromatic heterocycles. The molecule has 0 radical (unpaired) electrons. The van der Waals surface area contributed by atoms with Crippen LogP contribution in [0.5, 0.6) is 0 Å². The van der Waals surface area contributed by atoms with Gasteiger partial charge in [0.15, 0.2) is 0 Å². The summed E-state index contributed by atoms with van der Waals surface area (Å²) in [7, 11) is -1.92. The third kappa shape index (κ3) is 5.86. The van der Waals surface area contributed by atoms with E-state index in [-0.39, 0.29) is 12.6 Å². The van der Waals surface area contributed by atoms with E-state index in [1.807, 2.05) is 54.6 Å². The van der Waals surface area contributed by atoms with E-state index in [1.165, 1.54) is 4.31 Å². The molecular weight excluding hydrogens is 376 g/mol. The van der Waals surface area contributed by atoms with E-state index < -0.39 is 10.2 Å². The highest BCUT2D eigenvalue weighted by molar-refractivity contribution is 7.87. The Bertz CT molecular complexity index is 836. The van der Waals surface area contributed by atoms with Gasteiger partial charge in [-0.3, -0.25) is 0 Å². The highest BCUT2D eigenvalue weighted by Crippen LogP contribution is 2.17. The zero-order valence-electron chi connectivity index (χ0n) is 16.2. The van der Waals surface area contributed by atoms with Crippen molar-refractivity contribution in [3.05, 3.63) is 71.3 Å². The number of benzene rings is 2. The SMILES string of the molecule is CN(C1CCOCC1)S(=O)(=O)NCc1ccccc1COCc1ccccc1. The smallest absolute Gasteiger partial charge is 0.279 e. The fourth-order valence-electron chi connectivity index (χ4n) is 3.24. The first-order valence-electron chi connectivity index (χ1n) is 9.55. The van der Waals surface area contributed by atoms with Gasteiger partial charge in [-0.1, -0.05) is 54.6 Å². The molecule has 1 aliphatic heterocycles. The summed E-state index contributed by atoms with van der Waals surface area (Å²) in [6.07, 6.45) is 1.45. The fourth-order valence-corrected chi connectivity index (χ4v) is 4.38. The summed E-state index contributed by atoms with van der Waals surface area (Å²) >= 11 is 0. The quantitative estimate of drug-likeness (QED) is 0.698. The Balaban J connectivity index is 1.56. The number of ether oxygens (including phenoxy) is 2. The molecule has 152 valence electrons. The molecule has 0 bridgehead atoms. The summed E-state index contributed by atoms with van der Waals surface area (Å²) < 4.78 is 40.6. The fraction of sp³-hybridized carbons (Fsp3) is 0.429. The standard InChI is InChI=1S/C21H28N2O4S/c1-23(21-11-13-26-14-12-21)28(24,25)22-15-19-9-5-6-10-20(19)17-27-16-18-7-3-2-4-8-18/h2-10,21-22H,11-17H2,1H3. The lowest BCUT2D eigenvalue weighted by molar-refractivity contribution is 0.0629. The van der Waals surface area contributed by atoms with Gasteiger partial charge in [0.2, 0.25) is 0 Å². The van der Waals surface area contributed by atoms with Gasteiger partial charge in [-0.25, -0.2) is 0 Å². The van der Waals surface area contributed by atoms with Crippen molar-refractivity contribution in [2.24, 2.45) is 0 Å². The summed E-state index contributed by atoms with van der Waals surface area (Å²) in [5, 5.41) is 0. The highest BCUT2D eigenvalue weighted by Gasteiger charge is 2.27. The van der Waals surface area contributed by atoms with E-state index >= 15 is 0 Å². The Morgan fingerprint density at radius 1 is 1.00 bits per heavy atom. The predicted molar refractivity (Wildman–Crippen MR) is 109 cm³/mol. The Kier molecular flexibility index (Phi) is 7.58. The summed E-state index contributed by atoms with van der Waals surface area (Å²) in [5.74, 6) is 0. The number of hydrogen-bond donors (Lipinski definition) is 1. The Hall–Kier alpha value is -1.77. The van der Waals surface area contributed by atoms with Gasteiger partial charge in [0.1, 0.15) is 0 Å². The van der Waals surface area contributed by atoms with E-state index in [0.29, 0.717) is 26.4 Å². The zero-order chi connectivity index (χ0) is 19.8. The summed E-state index contributed by atoms with van der Waals surface area (Å²) in [6, 6.07) is 17.7. The molecule has 0 aliphatic carbocycles. The van der Waals surface area contributed by atoms with Gasteiger partial charge in [0.05, 0.1) is 13.2 Å². The second-order valence-corrected chi connectivity index (χ2v) is 8.75. The van der Waals surface area contributed by atoms with Gasteiger partial charge >= 0.3 is 0 Å². The second-order valence-electron chi connectivity index (χ2n) is 6.93. The Morgan fingerprint density at radius 2 is 1.64 bits per heavy atom. The van der Waals surface area contributed by atoms with Crippen molar-refractivity contribution in [2.45, 2.75) is 38.6 Å². The first-order chi connectivity index (χ1) is 13.6. The maximum Gasteiger partial charge on any atom is 0.279 e. The first-order valence-corrected chi connectivity index (χ1v) is 11.0. The molecule has 2 aromatic carbocycles. The molecular formula is C21H28N2O4S. The summed E-state index contributed by atoms with van der Waals surface area (Å²) in [6.45, 7) is 2.40. The molecule has 1 N–H and O–H groups in total. The minimum Gasteiger partial charge on any atom is -0.381 e. The van der Waals surface area contributed by atoms with E-state index in [2.05, 4.69) is 4.72 Å². The predicted octanol–water partition coefficient (Wildman–Crippen LogP) is 2.85. The molecule has 1 heterocycles. The number of hydrogen-bond acceptors (Lipinski definition) is 4. The largest absolute Gasteiger partial charge is 0.381 e. The topological polar surface area (TPSA) is 67.9 Å². The number of nitrogens with zero attached hydrogens (tertiary/aromatic N) is 1. The molecule has 0 saturated carbocycles. The molecule has 0 spiro atoms. The van der Waals surface area contributed by atoms with Crippen LogP contribution in [0, 0.1) is 0 Å². The molecule has 7 heteroatoms. The molecule has 1 aliphatic rings. The average molecular weight is 405 g/mol. The second kappa shape index (κ2) is 10.1. The minimum atomic E-state index is -3.55. The van der Waals surface area contributed by atoms with Crippen LogP contribution in [0.1, 0.15) is 29.5 Å². The minimum absolute atomic E-state index is 0.0179. The van der Waals surface area contributed by atoms with Crippen molar-refractivity contribution in [1.29, 1.82) is 0 Å². The van der Waals surface area contributed by atoms with E-state index in [0.717, 1.165) is 29.5 Å². The molecule has 6 nitrogen and oxygen atoms in total. The molecule has 1 fully saturated rings. The average Bonchev–Trinajstić information content (AvgIpc) is 2.74. The third-order valence-electron chi connectivity index (χ3n) is 5.02. The maximum atomic E-state index is 12.7. The lowest BCUT2D eigenvalue weighted by Gasteiger charge is -2.30. The van der Waals surface area contributed by atoms with Crippen LogP contribution in [0.15, 0.2) is 54.6 Å². The van der Waals surface area contributed by atoms with Crippen molar-refractivity contribution in [1.82, 2.24) is 9.03 Å². The maximum absolute atomic E-state index is 12.7. The molecule has 2 aromatic rings. The molecule has 0 unspecified atom stereocenters. The van der Waals surface area contributed by atoms with Crippen LogP contribution in [-0.4, -0.2) is 39.0 Å². The van der Waals surface area contributed by atoms with Gasteiger partial charge in [-0.15, -0.1) is 0 Å². The van der Waals surface area contributed by atoms with Crippen molar-refractivity contribution in [3.63, 3.8) is 0 Å². The lowest BCUT2D eigenvalue weighted by Crippen LogP contribution is -2.46. The van der Waals surface area contributed by atoms with Gasteiger partial charge in [-0.2, -0.15) is 17.4 Å². The summed E-state index contributed by atoms with van der Waals surface area (Å²) in [5.41, 5.74) is 3.01. The van der Waals surface area contributed by atoms with Gasteiger partial charge in [0.25, 0.3) is 10.2 Å². The van der Waals surface area contributed by atoms with Gasteiger partial charge in [0, 0.05) is 32.8 Å². The zero-order valence-corrected chi connectivity index (χ0v) is 17.0. The van der Waals surface area contributed by atoms with Crippen LogP contribution in [0.25, 0.3) is 0 Å². The molecule has 3 rings (SSSR count). The van der Waals surface area contributed by atoms with E-state index in [9.17, 15) is 8.42 Å². The van der Waals surface area contributed by atoms with Crippen LogP contribution >= 0.6 is 0 Å². The van der Waals surface area contributed by atoms with Crippen molar-refractivity contribution in [3.8, 4) is 0 Å². The van der Waals surface area contributed by atoms with Crippen molar-refractivity contribution >= 4 is 10.2 Å². The van der Waals surface area contributed by atoms with E-state index in [1.54, 1.807) is 7.05 Å². The van der Waals surface area contributed by atoms with Crippen LogP contribution in [0.2, 0.25) is 0 Å².